The maximum Gasteiger partial charge on any atom is 0.436 e. The van der Waals surface area contributed by atoms with Gasteiger partial charge in [0.1, 0.15) is 22.3 Å². The van der Waals surface area contributed by atoms with Gasteiger partial charge in [-0.15, -0.1) is 18.9 Å². The highest BCUT2D eigenvalue weighted by Gasteiger charge is 2.45. The zero-order chi connectivity index (χ0) is 78.5. The summed E-state index contributed by atoms with van der Waals surface area (Å²) in [5.41, 5.74) is -8.60. The van der Waals surface area contributed by atoms with Crippen LogP contribution in [-0.2, 0) is 52.9 Å². The molecule has 0 aliphatic rings. The summed E-state index contributed by atoms with van der Waals surface area (Å²) in [6.07, 6.45) is 0.955. The van der Waals surface area contributed by atoms with Crippen LogP contribution in [0.4, 0.5) is 93.0 Å². The van der Waals surface area contributed by atoms with Crippen molar-refractivity contribution in [1.29, 1.82) is 0 Å². The molecule has 8 rings (SSSR count). The first-order chi connectivity index (χ1) is 48.8. The minimum Gasteiger partial charge on any atom is -1.00 e. The number of aromatic nitrogens is 8. The summed E-state index contributed by atoms with van der Waals surface area (Å²) in [7, 11) is 3.98. The number of unbranched alkanes of at least 4 members (excludes halogenated alkanes) is 6. The molecule has 0 aliphatic heterocycles. The summed E-state index contributed by atoms with van der Waals surface area (Å²) in [5.74, 6) is -1.98. The summed E-state index contributed by atoms with van der Waals surface area (Å²) in [6.45, 7) is 11.9. The van der Waals surface area contributed by atoms with E-state index in [9.17, 15) is 89.4 Å². The summed E-state index contributed by atoms with van der Waals surface area (Å²) < 4.78 is 213. The third-order valence-corrected chi connectivity index (χ3v) is 15.2. The van der Waals surface area contributed by atoms with Crippen LogP contribution in [0, 0.1) is 55.1 Å². The Hall–Kier alpha value is -8.00. The van der Waals surface area contributed by atoms with Crippen molar-refractivity contribution in [3.05, 3.63) is 203 Å². The number of aryl methyl sites for hydroxylation is 4. The minimum absolute atomic E-state index is 0. The largest absolute Gasteiger partial charge is 1.00 e. The van der Waals surface area contributed by atoms with Crippen LogP contribution in [0.15, 0.2) is 116 Å². The van der Waals surface area contributed by atoms with E-state index in [0.717, 1.165) is 66.7 Å². The molecule has 0 unspecified atom stereocenters. The molecule has 576 valence electrons. The lowest BCUT2D eigenvalue weighted by Gasteiger charge is -2.10. The third kappa shape index (κ3) is 29.3. The maximum atomic E-state index is 14.0. The second kappa shape index (κ2) is 45.6. The molecule has 4 aromatic heterocycles. The second-order valence-corrected chi connectivity index (χ2v) is 23.8. The molecule has 4 aromatic carbocycles. The van der Waals surface area contributed by atoms with Gasteiger partial charge in [-0.2, -0.15) is 90.6 Å². The number of alkyl halides is 12. The second-order valence-electron chi connectivity index (χ2n) is 21.4. The van der Waals surface area contributed by atoms with Crippen LogP contribution in [0.3, 0.4) is 0 Å². The molecule has 106 heavy (non-hydrogen) atoms. The number of carbonyl (C=O) groups is 4. The normalized spacial score (nSPS) is 10.8. The molecule has 0 spiro atoms. The van der Waals surface area contributed by atoms with Crippen LogP contribution < -0.4 is 69.2 Å². The van der Waals surface area contributed by atoms with E-state index in [1.165, 1.54) is 37.5 Å². The number of nitrogens with one attached hydrogen (secondary N) is 4. The summed E-state index contributed by atoms with van der Waals surface area (Å²) >= 11 is 3.80. The molecule has 8 aromatic rings. The first-order valence-electron chi connectivity index (χ1n) is 31.1. The Bertz CT molecular complexity index is 4230. The van der Waals surface area contributed by atoms with Gasteiger partial charge in [0.05, 0.1) is 17.1 Å². The van der Waals surface area contributed by atoms with Gasteiger partial charge >= 0.3 is 24.7 Å². The monoisotopic (exact) mass is 1950 g/mol. The van der Waals surface area contributed by atoms with Gasteiger partial charge in [0.2, 0.25) is 23.8 Å². The van der Waals surface area contributed by atoms with Crippen molar-refractivity contribution in [3.63, 3.8) is 0 Å². The molecular formula is C70H70F16I4N12O4-2. The van der Waals surface area contributed by atoms with Gasteiger partial charge in [0, 0.05) is 59.4 Å². The predicted molar refractivity (Wildman–Crippen MR) is 379 cm³/mol. The lowest BCUT2D eigenvalue weighted by atomic mass is 10.1. The fourth-order valence-electron chi connectivity index (χ4n) is 8.24. The average molecular weight is 1950 g/mol. The zero-order valence-corrected chi connectivity index (χ0v) is 66.2. The molecule has 0 bridgehead atoms. The number of terminal acetylenes is 1. The number of halogens is 20. The highest BCUT2D eigenvalue weighted by Crippen LogP contribution is 2.37. The van der Waals surface area contributed by atoms with Crippen LogP contribution in [0.1, 0.15) is 167 Å². The van der Waals surface area contributed by atoms with Crippen molar-refractivity contribution in [2.24, 2.45) is 28.2 Å². The number of nitrogens with zero attached hydrogens (tertiary/aromatic N) is 8. The molecule has 36 heteroatoms. The Labute approximate surface area is 662 Å². The summed E-state index contributed by atoms with van der Waals surface area (Å²) in [4.78, 5) is 48.5. The van der Waals surface area contributed by atoms with Crippen molar-refractivity contribution >= 4 is 97.6 Å². The SMILES string of the molecule is C#CCCC.C=CCCCC.CCCC#Cc1ccccc1NC(=O)c1c(C(F)(F)F)nn(C)c1F.CCCCC=Cc1ccccc1NC(=O)c1c(C(F)(F)F)nn(C)c1F.Cn1nc(C(F)(F)F)c(C(=O)Nc2ccccc2I)c1F.Cn1nc(C(F)(F)F)c(C(=O)Nc2ccccc2I)c1F.[I-].[I-]. The number of amides is 4. The minimum atomic E-state index is -4.95. The number of benzene rings is 4. The number of para-hydroxylation sites is 4. The van der Waals surface area contributed by atoms with E-state index in [2.05, 4.69) is 86.8 Å². The molecule has 0 atom stereocenters. The van der Waals surface area contributed by atoms with Gasteiger partial charge in [-0.05, 0) is 119 Å². The highest BCUT2D eigenvalue weighted by molar-refractivity contribution is 14.1. The number of anilines is 4. The first kappa shape index (κ1) is 96.0. The lowest BCUT2D eigenvalue weighted by Crippen LogP contribution is -3.00. The molecule has 0 radical (unpaired) electrons. The molecule has 0 aliphatic carbocycles. The number of hydrogen-bond acceptors (Lipinski definition) is 8. The van der Waals surface area contributed by atoms with Crippen LogP contribution in [0.5, 0.6) is 0 Å². The van der Waals surface area contributed by atoms with Gasteiger partial charge in [0.15, 0.2) is 22.8 Å². The molecular weight excluding hydrogens is 1880 g/mol. The number of rotatable bonds is 17. The van der Waals surface area contributed by atoms with Gasteiger partial charge in [-0.3, -0.25) is 19.2 Å². The Balaban J connectivity index is 0.000000671. The molecule has 4 N–H and O–H groups in total. The molecule has 4 amide bonds. The lowest BCUT2D eigenvalue weighted by molar-refractivity contribution is -0.142. The molecule has 0 saturated heterocycles. The Morgan fingerprint density at radius 3 is 1.07 bits per heavy atom. The quantitative estimate of drug-likeness (QED) is 0.0228. The standard InChI is InChI=1S/C18H19F4N3O.C17H15F4N3O.2C12H8F4IN3O.C6H12.C5H8.2HI/c1-3-4-5-6-9-12-10-7-8-11-13(12)23-17(26)14-15(18(20,21)22)24-25(2)16(14)19;1-3-4-5-8-11-9-6-7-10-12(11)22-16(25)13-14(17(19,20)21)23-24(2)15(13)18;2*1-20-10(13)8(9(19-20)12(14,15)16)11(21)18-7-5-3-2-4-6(7)17;1-3-5-6-4-2;1-3-5-4-2;;/h6-11H,3-5H2,1-2H3,(H,23,26);6-7,9-10H,3-4H2,1-2H3,(H,22,25);2*2-5H,1H3,(H,18,21);3H,1,4-6H2,2H3;1H,4-5H2,2H3;2*1H/p-2. The van der Waals surface area contributed by atoms with E-state index in [1.807, 2.05) is 64.3 Å². The Morgan fingerprint density at radius 1 is 0.462 bits per heavy atom. The van der Waals surface area contributed by atoms with Crippen LogP contribution in [-0.4, -0.2) is 62.8 Å². The van der Waals surface area contributed by atoms with E-state index in [-0.39, 0.29) is 53.6 Å². The van der Waals surface area contributed by atoms with Crippen molar-refractivity contribution in [1.82, 2.24) is 39.1 Å². The number of carbonyl (C=O) groups excluding carboxylic acids is 4. The first-order valence-corrected chi connectivity index (χ1v) is 33.2. The fourth-order valence-corrected chi connectivity index (χ4v) is 9.29. The van der Waals surface area contributed by atoms with Crippen LogP contribution >= 0.6 is 45.2 Å². The number of allylic oxidation sites excluding steroid dienone is 2. The van der Waals surface area contributed by atoms with E-state index in [1.54, 1.807) is 84.9 Å². The molecule has 16 nitrogen and oxygen atoms in total. The predicted octanol–water partition coefficient (Wildman–Crippen LogP) is 13.7. The Kier molecular flexibility index (Phi) is 41.3. The molecule has 0 saturated carbocycles. The highest BCUT2D eigenvalue weighted by atomic mass is 127. The topological polar surface area (TPSA) is 188 Å². The van der Waals surface area contributed by atoms with Crippen LogP contribution in [0.2, 0.25) is 0 Å². The van der Waals surface area contributed by atoms with E-state index >= 15 is 0 Å². The van der Waals surface area contributed by atoms with Crippen molar-refractivity contribution in [3.8, 4) is 24.2 Å². The van der Waals surface area contributed by atoms with Crippen LogP contribution in [0.25, 0.3) is 6.08 Å². The van der Waals surface area contributed by atoms with Gasteiger partial charge in [-0.1, -0.05) is 138 Å². The fraction of sp³-hybridized carbons (Fsp3) is 0.314. The smallest absolute Gasteiger partial charge is 0.436 e. The van der Waals surface area contributed by atoms with Gasteiger partial charge in [-0.25, -0.2) is 18.7 Å². The van der Waals surface area contributed by atoms with Crippen molar-refractivity contribution in [2.45, 2.75) is 117 Å². The van der Waals surface area contributed by atoms with E-state index in [0.29, 0.717) is 60.5 Å². The molecule has 0 fully saturated rings. The zero-order valence-electron chi connectivity index (χ0n) is 57.6. The van der Waals surface area contributed by atoms with Crippen molar-refractivity contribution < 1.29 is 137 Å². The summed E-state index contributed by atoms with van der Waals surface area (Å²) in [5, 5.41) is 21.3. The average Bonchev–Trinajstić information content (AvgIpc) is 1.64. The third-order valence-electron chi connectivity index (χ3n) is 13.3. The van der Waals surface area contributed by atoms with Crippen molar-refractivity contribution in [2.75, 3.05) is 21.3 Å². The van der Waals surface area contributed by atoms with E-state index < -0.39 is 117 Å². The van der Waals surface area contributed by atoms with E-state index in [4.69, 9.17) is 6.42 Å². The summed E-state index contributed by atoms with van der Waals surface area (Å²) in [6, 6.07) is 25.9. The van der Waals surface area contributed by atoms with Gasteiger partial charge in [0.25, 0.3) is 23.6 Å². The Morgan fingerprint density at radius 2 is 0.764 bits per heavy atom. The number of hydrogen-bond donors (Lipinski definition) is 4. The maximum absolute atomic E-state index is 14.0. The molecule has 4 heterocycles. The van der Waals surface area contributed by atoms with Gasteiger partial charge < -0.3 is 69.2 Å².